The number of rotatable bonds is 5. The third-order valence-electron chi connectivity index (χ3n) is 7.64. The molecule has 0 radical (unpaired) electrons. The SMILES string of the molecule is COc1cc2cc(c1OC)OCCCC(N=C/C(=C\N)c1ccccc1)CCN1CCCN(CCCOC2=O)CC1. The van der Waals surface area contributed by atoms with Crippen LogP contribution in [0, 0.1) is 0 Å². The average Bonchev–Trinajstić information content (AvgIpc) is 3.24. The second kappa shape index (κ2) is 16.0. The zero-order chi connectivity index (χ0) is 28.9. The van der Waals surface area contributed by atoms with Gasteiger partial charge in [0.25, 0.3) is 0 Å². The minimum absolute atomic E-state index is 0.122. The number of nitrogens with zero attached hydrogens (tertiary/aromatic N) is 3. The molecule has 0 amide bonds. The van der Waals surface area contributed by atoms with E-state index < -0.39 is 5.97 Å². The van der Waals surface area contributed by atoms with E-state index >= 15 is 0 Å². The van der Waals surface area contributed by atoms with Crippen molar-refractivity contribution in [1.82, 2.24) is 9.80 Å². The molecule has 222 valence electrons. The number of carbonyl (C=O) groups is 1. The van der Waals surface area contributed by atoms with Crippen LogP contribution >= 0.6 is 0 Å². The van der Waals surface area contributed by atoms with Gasteiger partial charge in [-0.15, -0.1) is 0 Å². The van der Waals surface area contributed by atoms with Gasteiger partial charge in [-0.3, -0.25) is 4.99 Å². The Bertz CT molecular complexity index is 1170. The minimum atomic E-state index is -0.396. The standard InChI is InChI=1S/C32H44N4O5/c1-38-29-21-26-22-30(31(29)39-2)40-19-6-11-28(34-24-27(23-33)25-9-4-3-5-10-25)12-16-36-14-7-13-35(17-18-36)15-8-20-41-32(26)37/h3-5,9-10,21-24,28H,6-8,11-20,33H2,1-2H3/b27-23+,34-24?. The Morgan fingerprint density at radius 1 is 0.902 bits per heavy atom. The Hall–Kier alpha value is -3.56. The molecule has 2 aromatic carbocycles. The third-order valence-corrected chi connectivity index (χ3v) is 7.64. The highest BCUT2D eigenvalue weighted by Gasteiger charge is 2.20. The van der Waals surface area contributed by atoms with Gasteiger partial charge >= 0.3 is 5.97 Å². The molecule has 3 unspecified atom stereocenters. The van der Waals surface area contributed by atoms with Crippen LogP contribution < -0.4 is 19.9 Å². The number of allylic oxidation sites excluding steroid dienone is 1. The van der Waals surface area contributed by atoms with E-state index in [-0.39, 0.29) is 6.04 Å². The highest BCUT2D eigenvalue weighted by atomic mass is 16.5. The second-order valence-electron chi connectivity index (χ2n) is 10.4. The molecular formula is C32H44N4O5. The van der Waals surface area contributed by atoms with E-state index in [1.807, 2.05) is 36.5 Å². The van der Waals surface area contributed by atoms with E-state index in [1.165, 1.54) is 0 Å². The van der Waals surface area contributed by atoms with Gasteiger partial charge in [0.05, 0.1) is 39.0 Å². The van der Waals surface area contributed by atoms with Crippen LogP contribution in [0.4, 0.5) is 0 Å². The molecule has 0 saturated carbocycles. The van der Waals surface area contributed by atoms with Crippen molar-refractivity contribution in [2.45, 2.75) is 38.1 Å². The number of cyclic esters (lactones) is 1. The Kier molecular flexibility index (Phi) is 11.9. The Morgan fingerprint density at radius 2 is 1.63 bits per heavy atom. The number of aliphatic imine (C=N–C) groups is 1. The predicted molar refractivity (Wildman–Crippen MR) is 162 cm³/mol. The minimum Gasteiger partial charge on any atom is -0.493 e. The summed E-state index contributed by atoms with van der Waals surface area (Å²) in [7, 11) is 3.11. The van der Waals surface area contributed by atoms with Crippen LogP contribution in [0.3, 0.4) is 0 Å². The van der Waals surface area contributed by atoms with E-state index in [0.717, 1.165) is 82.5 Å². The van der Waals surface area contributed by atoms with Crippen molar-refractivity contribution in [1.29, 1.82) is 0 Å². The number of ether oxygens (including phenoxy) is 4. The van der Waals surface area contributed by atoms with E-state index in [2.05, 4.69) is 9.80 Å². The van der Waals surface area contributed by atoms with Crippen molar-refractivity contribution in [2.75, 3.05) is 66.7 Å². The fourth-order valence-corrected chi connectivity index (χ4v) is 5.32. The number of esters is 1. The fourth-order valence-electron chi connectivity index (χ4n) is 5.32. The van der Waals surface area contributed by atoms with Crippen molar-refractivity contribution in [3.05, 3.63) is 59.8 Å². The van der Waals surface area contributed by atoms with Crippen LogP contribution in [0.1, 0.15) is 48.0 Å². The summed E-state index contributed by atoms with van der Waals surface area (Å²) in [6, 6.07) is 13.5. The molecule has 2 heterocycles. The molecule has 9 nitrogen and oxygen atoms in total. The number of methoxy groups -OCH3 is 2. The number of fused-ring (bicyclic) bond motifs is 5. The first-order valence-electron chi connectivity index (χ1n) is 14.6. The number of hydrogen-bond donors (Lipinski definition) is 1. The van der Waals surface area contributed by atoms with Gasteiger partial charge in [-0.05, 0) is 62.9 Å². The summed E-state index contributed by atoms with van der Waals surface area (Å²) in [6.45, 7) is 6.90. The highest BCUT2D eigenvalue weighted by Crippen LogP contribution is 2.39. The average molecular weight is 565 g/mol. The second-order valence-corrected chi connectivity index (χ2v) is 10.4. The molecule has 3 atom stereocenters. The molecule has 0 aromatic heterocycles. The molecule has 4 rings (SSSR count). The number of hydrogen-bond acceptors (Lipinski definition) is 9. The summed E-state index contributed by atoms with van der Waals surface area (Å²) in [6.07, 6.45) is 8.03. The normalized spacial score (nSPS) is 23.4. The van der Waals surface area contributed by atoms with Crippen LogP contribution in [-0.4, -0.2) is 94.7 Å². The van der Waals surface area contributed by atoms with E-state index in [1.54, 1.807) is 32.6 Å². The lowest BCUT2D eigenvalue weighted by Crippen LogP contribution is -2.33. The van der Waals surface area contributed by atoms with Gasteiger partial charge < -0.3 is 34.5 Å². The summed E-state index contributed by atoms with van der Waals surface area (Å²) < 4.78 is 22.8. The predicted octanol–water partition coefficient (Wildman–Crippen LogP) is 4.26. The van der Waals surface area contributed by atoms with Crippen LogP contribution in [0.5, 0.6) is 17.2 Å². The van der Waals surface area contributed by atoms with Gasteiger partial charge in [-0.25, -0.2) is 4.79 Å². The molecule has 2 aromatic rings. The van der Waals surface area contributed by atoms with Gasteiger partial charge in [0, 0.05) is 44.2 Å². The zero-order valence-corrected chi connectivity index (χ0v) is 24.4. The lowest BCUT2D eigenvalue weighted by Gasteiger charge is -2.23. The van der Waals surface area contributed by atoms with Crippen LogP contribution in [0.15, 0.2) is 53.7 Å². The largest absolute Gasteiger partial charge is 0.493 e. The maximum atomic E-state index is 12.9. The molecule has 0 aliphatic carbocycles. The fraction of sp³-hybridized carbons (Fsp3) is 0.500. The van der Waals surface area contributed by atoms with Crippen molar-refractivity contribution in [2.24, 2.45) is 10.7 Å². The molecule has 2 aliphatic rings. The van der Waals surface area contributed by atoms with Gasteiger partial charge in [0.1, 0.15) is 0 Å². The van der Waals surface area contributed by atoms with Crippen molar-refractivity contribution in [3.8, 4) is 17.2 Å². The molecule has 1 saturated heterocycles. The molecule has 1 fully saturated rings. The molecular weight excluding hydrogens is 520 g/mol. The van der Waals surface area contributed by atoms with E-state index in [4.69, 9.17) is 29.7 Å². The van der Waals surface area contributed by atoms with E-state index in [9.17, 15) is 4.79 Å². The topological polar surface area (TPSA) is 98.8 Å². The van der Waals surface area contributed by atoms with Gasteiger partial charge in [0.15, 0.2) is 11.5 Å². The molecule has 2 N–H and O–H groups in total. The molecule has 0 spiro atoms. The smallest absolute Gasteiger partial charge is 0.338 e. The van der Waals surface area contributed by atoms with Crippen molar-refractivity contribution in [3.63, 3.8) is 0 Å². The molecule has 41 heavy (non-hydrogen) atoms. The molecule has 2 aliphatic heterocycles. The Morgan fingerprint density at radius 3 is 2.37 bits per heavy atom. The van der Waals surface area contributed by atoms with E-state index in [0.29, 0.717) is 36.0 Å². The highest BCUT2D eigenvalue weighted by molar-refractivity contribution is 6.09. The lowest BCUT2D eigenvalue weighted by atomic mass is 10.1. The summed E-state index contributed by atoms with van der Waals surface area (Å²) >= 11 is 0. The summed E-state index contributed by atoms with van der Waals surface area (Å²) in [5, 5.41) is 0. The molecule has 4 bridgehead atoms. The Labute approximate surface area is 243 Å². The first-order chi connectivity index (χ1) is 20.1. The van der Waals surface area contributed by atoms with Gasteiger partial charge in [-0.2, -0.15) is 0 Å². The van der Waals surface area contributed by atoms with Crippen LogP contribution in [0.25, 0.3) is 5.57 Å². The zero-order valence-electron chi connectivity index (χ0n) is 24.4. The number of carbonyl (C=O) groups excluding carboxylic acids is 1. The van der Waals surface area contributed by atoms with Gasteiger partial charge in [-0.1, -0.05) is 30.3 Å². The van der Waals surface area contributed by atoms with Gasteiger partial charge in [0.2, 0.25) is 5.75 Å². The van der Waals surface area contributed by atoms with Crippen LogP contribution in [0.2, 0.25) is 0 Å². The first kappa shape index (κ1) is 30.4. The maximum Gasteiger partial charge on any atom is 0.338 e. The third kappa shape index (κ3) is 8.96. The number of benzene rings is 2. The quantitative estimate of drug-likeness (QED) is 0.425. The summed E-state index contributed by atoms with van der Waals surface area (Å²) in [4.78, 5) is 22.9. The van der Waals surface area contributed by atoms with Crippen molar-refractivity contribution < 1.29 is 23.7 Å². The first-order valence-corrected chi connectivity index (χ1v) is 14.6. The summed E-state index contributed by atoms with van der Waals surface area (Å²) in [5.41, 5.74) is 8.30. The summed E-state index contributed by atoms with van der Waals surface area (Å²) in [5.74, 6) is 0.951. The van der Waals surface area contributed by atoms with Crippen LogP contribution in [-0.2, 0) is 4.74 Å². The Balaban J connectivity index is 1.53. The number of nitrogens with two attached hydrogens (primary N) is 1. The maximum absolute atomic E-state index is 12.9. The lowest BCUT2D eigenvalue weighted by molar-refractivity contribution is 0.0487. The molecule has 9 heteroatoms. The van der Waals surface area contributed by atoms with Crippen molar-refractivity contribution >= 4 is 17.8 Å². The monoisotopic (exact) mass is 564 g/mol.